The summed E-state index contributed by atoms with van der Waals surface area (Å²) in [6.45, 7) is 12.2. The number of nitrogens with zero attached hydrogens (tertiary/aromatic N) is 1. The van der Waals surface area contributed by atoms with Crippen molar-refractivity contribution in [2.75, 3.05) is 41.0 Å². The van der Waals surface area contributed by atoms with Crippen LogP contribution in [-0.2, 0) is 24.7 Å². The average Bonchev–Trinajstić information content (AvgIpc) is 3.02. The van der Waals surface area contributed by atoms with E-state index in [4.69, 9.17) is 14.2 Å². The molecule has 1 aliphatic carbocycles. The molecule has 0 bridgehead atoms. The van der Waals surface area contributed by atoms with Crippen molar-refractivity contribution in [3.8, 4) is 5.75 Å². The van der Waals surface area contributed by atoms with Crippen LogP contribution in [0.1, 0.15) is 124 Å². The van der Waals surface area contributed by atoms with Gasteiger partial charge in [-0.1, -0.05) is 98.1 Å². The number of ether oxygens (including phenoxy) is 3. The van der Waals surface area contributed by atoms with Crippen LogP contribution in [0, 0.1) is 23.7 Å². The Morgan fingerprint density at radius 3 is 2.14 bits per heavy atom. The van der Waals surface area contributed by atoms with E-state index in [2.05, 4.69) is 46.7 Å². The third-order valence-corrected chi connectivity index (χ3v) is 9.09. The molecule has 7 heteroatoms. The summed E-state index contributed by atoms with van der Waals surface area (Å²) in [5.41, 5.74) is 0.287. The summed E-state index contributed by atoms with van der Waals surface area (Å²) >= 11 is 0. The second-order valence-corrected chi connectivity index (χ2v) is 13.1. The van der Waals surface area contributed by atoms with Gasteiger partial charge in [0.05, 0.1) is 38.3 Å². The maximum absolute atomic E-state index is 12.1. The van der Waals surface area contributed by atoms with E-state index in [1.807, 2.05) is 24.3 Å². The summed E-state index contributed by atoms with van der Waals surface area (Å²) in [6.07, 6.45) is 13.2. The molecule has 2 rings (SSSR count). The highest BCUT2D eigenvalue weighted by molar-refractivity contribution is 5.79. The van der Waals surface area contributed by atoms with Gasteiger partial charge in [0.15, 0.2) is 0 Å². The molecule has 1 saturated carbocycles. The number of rotatable bonds is 19. The van der Waals surface area contributed by atoms with Crippen molar-refractivity contribution in [1.29, 1.82) is 0 Å². The van der Waals surface area contributed by atoms with Crippen LogP contribution < -0.4 is 4.74 Å². The van der Waals surface area contributed by atoms with Gasteiger partial charge in [-0.05, 0) is 69.3 Å². The first kappa shape index (κ1) is 39.9. The van der Waals surface area contributed by atoms with Gasteiger partial charge in [0.25, 0.3) is 0 Å². The summed E-state index contributed by atoms with van der Waals surface area (Å²) in [6, 6.07) is 7.90. The molecule has 1 aromatic rings. The molecule has 0 aromatic heterocycles. The van der Waals surface area contributed by atoms with E-state index in [1.54, 1.807) is 14.0 Å². The molecule has 0 saturated heterocycles. The van der Waals surface area contributed by atoms with Crippen molar-refractivity contribution in [3.63, 3.8) is 0 Å². The van der Waals surface area contributed by atoms with E-state index >= 15 is 0 Å². The number of hydrogen-bond acceptors (Lipinski definition) is 7. The predicted octanol–water partition coefficient (Wildman–Crippen LogP) is 8.17. The van der Waals surface area contributed by atoms with Crippen LogP contribution in [0.2, 0.25) is 0 Å². The monoisotopic (exact) mass is 619 g/mol. The zero-order valence-electron chi connectivity index (χ0n) is 29.4. The molecule has 1 N–H and O–H groups in total. The number of esters is 2. The number of benzene rings is 1. The summed E-state index contributed by atoms with van der Waals surface area (Å²) in [5.74, 6) is 0.944. The largest absolute Gasteiger partial charge is 0.497 e. The van der Waals surface area contributed by atoms with Crippen molar-refractivity contribution in [1.82, 2.24) is 4.90 Å². The molecule has 5 atom stereocenters. The van der Waals surface area contributed by atoms with E-state index in [0.29, 0.717) is 31.0 Å². The predicted molar refractivity (Wildman–Crippen MR) is 180 cm³/mol. The standard InChI is InChI=1S/C21H40O4.C16H25NO2/c1-6-10-12-18(8-3)15-24-20(22)14-17(5)21(23)25-16-19(9-4)13-11-7-2;1-17(2)12-14-7-4-5-10-16(14,18)13-8-6-9-15(11-13)19-3/h17-19H,6-16H2,1-5H3;6,8-9,11,14,18H,4-5,7,10,12H2,1-3H3. The fraction of sp³-hybridized carbons (Fsp3) is 0.784. The van der Waals surface area contributed by atoms with Crippen LogP contribution in [0.5, 0.6) is 5.75 Å². The normalized spacial score (nSPS) is 20.2. The molecular weight excluding hydrogens is 554 g/mol. The maximum Gasteiger partial charge on any atom is 0.309 e. The van der Waals surface area contributed by atoms with Crippen molar-refractivity contribution in [3.05, 3.63) is 29.8 Å². The van der Waals surface area contributed by atoms with Gasteiger partial charge in [0.2, 0.25) is 0 Å². The lowest BCUT2D eigenvalue weighted by molar-refractivity contribution is -0.156. The average molecular weight is 620 g/mol. The number of carbonyl (C=O) groups excluding carboxylic acids is 2. The van der Waals surface area contributed by atoms with Crippen LogP contribution in [0.3, 0.4) is 0 Å². The Morgan fingerprint density at radius 2 is 1.59 bits per heavy atom. The molecule has 1 aromatic carbocycles. The van der Waals surface area contributed by atoms with E-state index in [9.17, 15) is 14.7 Å². The van der Waals surface area contributed by atoms with Gasteiger partial charge < -0.3 is 24.2 Å². The van der Waals surface area contributed by atoms with Crippen molar-refractivity contribution >= 4 is 11.9 Å². The SMILES string of the molecule is CCCCC(CC)COC(=O)CC(C)C(=O)OCC(CC)CCCC.COc1cccc(C2(O)CCCCC2CN(C)C)c1. The number of hydrogen-bond donors (Lipinski definition) is 1. The van der Waals surface area contributed by atoms with Gasteiger partial charge >= 0.3 is 11.9 Å². The van der Waals surface area contributed by atoms with Crippen LogP contribution in [0.25, 0.3) is 0 Å². The summed E-state index contributed by atoms with van der Waals surface area (Å²) in [4.78, 5) is 26.2. The van der Waals surface area contributed by atoms with E-state index in [0.717, 1.165) is 88.5 Å². The van der Waals surface area contributed by atoms with E-state index in [-0.39, 0.29) is 18.4 Å². The minimum absolute atomic E-state index is 0.106. The smallest absolute Gasteiger partial charge is 0.309 e. The summed E-state index contributed by atoms with van der Waals surface area (Å²) < 4.78 is 16.1. The number of carbonyl (C=O) groups is 2. The molecule has 1 aliphatic rings. The van der Waals surface area contributed by atoms with Gasteiger partial charge in [0, 0.05) is 12.5 Å². The van der Waals surface area contributed by atoms with Crippen molar-refractivity contribution in [2.24, 2.45) is 23.7 Å². The van der Waals surface area contributed by atoms with Crippen LogP contribution in [0.15, 0.2) is 24.3 Å². The molecule has 0 spiro atoms. The Bertz CT molecular complexity index is 921. The zero-order valence-corrected chi connectivity index (χ0v) is 29.4. The van der Waals surface area contributed by atoms with Crippen molar-refractivity contribution < 1.29 is 28.9 Å². The van der Waals surface area contributed by atoms with Gasteiger partial charge in [-0.25, -0.2) is 0 Å². The Balaban J connectivity index is 0.000000454. The minimum atomic E-state index is -0.711. The maximum atomic E-state index is 12.1. The lowest BCUT2D eigenvalue weighted by atomic mass is 9.71. The van der Waals surface area contributed by atoms with Gasteiger partial charge in [-0.2, -0.15) is 0 Å². The first-order chi connectivity index (χ1) is 21.0. The van der Waals surface area contributed by atoms with Crippen LogP contribution in [-0.4, -0.2) is 62.9 Å². The number of methoxy groups -OCH3 is 1. The van der Waals surface area contributed by atoms with Gasteiger partial charge in [-0.15, -0.1) is 0 Å². The lowest BCUT2D eigenvalue weighted by Crippen LogP contribution is -2.43. The van der Waals surface area contributed by atoms with Gasteiger partial charge in [-0.3, -0.25) is 9.59 Å². The van der Waals surface area contributed by atoms with Crippen LogP contribution >= 0.6 is 0 Å². The first-order valence-corrected chi connectivity index (χ1v) is 17.4. The molecular formula is C37H65NO6. The van der Waals surface area contributed by atoms with E-state index < -0.39 is 11.5 Å². The summed E-state index contributed by atoms with van der Waals surface area (Å²) in [7, 11) is 5.81. The molecule has 44 heavy (non-hydrogen) atoms. The molecule has 1 fully saturated rings. The Morgan fingerprint density at radius 1 is 0.977 bits per heavy atom. The van der Waals surface area contributed by atoms with Crippen LogP contribution in [0.4, 0.5) is 0 Å². The minimum Gasteiger partial charge on any atom is -0.497 e. The highest BCUT2D eigenvalue weighted by Gasteiger charge is 2.40. The molecule has 254 valence electrons. The molecule has 7 nitrogen and oxygen atoms in total. The second kappa shape index (κ2) is 22.4. The number of aliphatic hydroxyl groups is 1. The Hall–Kier alpha value is -2.12. The molecule has 0 heterocycles. The quantitative estimate of drug-likeness (QED) is 0.156. The topological polar surface area (TPSA) is 85.3 Å². The third-order valence-electron chi connectivity index (χ3n) is 9.09. The molecule has 5 unspecified atom stereocenters. The van der Waals surface area contributed by atoms with E-state index in [1.165, 1.54) is 6.42 Å². The number of unbranched alkanes of at least 4 members (excludes halogenated alkanes) is 2. The second-order valence-electron chi connectivity index (χ2n) is 13.1. The Labute approximate surface area is 269 Å². The Kier molecular flexibility index (Phi) is 20.3. The first-order valence-electron chi connectivity index (χ1n) is 17.4. The fourth-order valence-electron chi connectivity index (χ4n) is 5.93. The lowest BCUT2D eigenvalue weighted by Gasteiger charge is -2.41. The highest BCUT2D eigenvalue weighted by Crippen LogP contribution is 2.42. The van der Waals surface area contributed by atoms with Crippen molar-refractivity contribution in [2.45, 2.75) is 124 Å². The summed E-state index contributed by atoms with van der Waals surface area (Å²) in [5, 5.41) is 11.2. The molecule has 0 aliphatic heterocycles. The highest BCUT2D eigenvalue weighted by atomic mass is 16.5. The molecule has 0 amide bonds. The fourth-order valence-corrected chi connectivity index (χ4v) is 5.93. The van der Waals surface area contributed by atoms with Gasteiger partial charge in [0.1, 0.15) is 5.75 Å². The zero-order chi connectivity index (χ0) is 33.0. The third kappa shape index (κ3) is 14.8. The molecule has 0 radical (unpaired) electrons.